The Kier molecular flexibility index (Phi) is 10.3. The Balaban J connectivity index is 1.41. The van der Waals surface area contributed by atoms with Gasteiger partial charge in [0, 0.05) is 59.1 Å². The van der Waals surface area contributed by atoms with Crippen LogP contribution < -0.4 is 9.64 Å². The first kappa shape index (κ1) is 28.1. The number of hydrogen-bond acceptors (Lipinski definition) is 6. The van der Waals surface area contributed by atoms with E-state index in [1.54, 1.807) is 30.4 Å². The first-order valence-electron chi connectivity index (χ1n) is 12.3. The number of piperazine rings is 1. The molecular weight excluding hydrogens is 476 g/mol. The second-order valence-corrected chi connectivity index (χ2v) is 11.0. The van der Waals surface area contributed by atoms with E-state index in [1.165, 1.54) is 5.69 Å². The second-order valence-electron chi connectivity index (χ2n) is 9.45. The van der Waals surface area contributed by atoms with E-state index in [2.05, 4.69) is 41.1 Å². The first-order valence-corrected chi connectivity index (χ1v) is 13.4. The summed E-state index contributed by atoms with van der Waals surface area (Å²) in [6, 6.07) is 12.2. The molecule has 2 aromatic rings. The van der Waals surface area contributed by atoms with Gasteiger partial charge in [-0.25, -0.2) is 8.51 Å². The summed E-state index contributed by atoms with van der Waals surface area (Å²) in [4.78, 5) is 19.7. The molecule has 1 unspecified atom stereocenters. The number of benzene rings is 2. The van der Waals surface area contributed by atoms with Crippen molar-refractivity contribution >= 4 is 22.6 Å². The molecule has 0 aliphatic carbocycles. The normalized spacial score (nSPS) is 15.2. The lowest BCUT2D eigenvalue weighted by atomic mass is 10.1. The van der Waals surface area contributed by atoms with Crippen molar-refractivity contribution in [1.82, 2.24) is 14.1 Å². The van der Waals surface area contributed by atoms with Gasteiger partial charge < -0.3 is 24.2 Å². The highest BCUT2D eigenvalue weighted by Crippen LogP contribution is 2.25. The van der Waals surface area contributed by atoms with Crippen LogP contribution >= 0.6 is 0 Å². The van der Waals surface area contributed by atoms with Gasteiger partial charge in [0.05, 0.1) is 18.6 Å². The maximum Gasteiger partial charge on any atom is 0.248 e. The van der Waals surface area contributed by atoms with Gasteiger partial charge in [0.25, 0.3) is 0 Å². The van der Waals surface area contributed by atoms with Crippen LogP contribution in [0.3, 0.4) is 0 Å². The van der Waals surface area contributed by atoms with E-state index in [0.29, 0.717) is 19.7 Å². The van der Waals surface area contributed by atoms with E-state index in [4.69, 9.17) is 9.47 Å². The molecule has 1 heterocycles. The SMILES string of the molecule is COc1cc(C)c(S(=O)N(C)CCOCC(=O)N(C)Cc2ccc(N3CCN(C)CC3)cc2)c(C)c1. The number of ether oxygens (including phenoxy) is 2. The summed E-state index contributed by atoms with van der Waals surface area (Å²) in [5, 5.41) is 0. The smallest absolute Gasteiger partial charge is 0.248 e. The van der Waals surface area contributed by atoms with Crippen LogP contribution in [0.5, 0.6) is 5.75 Å². The molecule has 8 nitrogen and oxygen atoms in total. The van der Waals surface area contributed by atoms with Gasteiger partial charge in [0.15, 0.2) is 0 Å². The van der Waals surface area contributed by atoms with Crippen LogP contribution in [0.4, 0.5) is 5.69 Å². The average Bonchev–Trinajstić information content (AvgIpc) is 2.86. The zero-order valence-electron chi connectivity index (χ0n) is 22.5. The lowest BCUT2D eigenvalue weighted by molar-refractivity contribution is -0.135. The van der Waals surface area contributed by atoms with E-state index in [1.807, 2.05) is 26.0 Å². The van der Waals surface area contributed by atoms with Gasteiger partial charge in [0.2, 0.25) is 5.91 Å². The molecule has 3 rings (SSSR count). The van der Waals surface area contributed by atoms with Gasteiger partial charge in [-0.05, 0) is 61.9 Å². The minimum absolute atomic E-state index is 0.00303. The Bertz CT molecular complexity index is 1020. The van der Waals surface area contributed by atoms with Gasteiger partial charge >= 0.3 is 0 Å². The largest absolute Gasteiger partial charge is 0.497 e. The van der Waals surface area contributed by atoms with Gasteiger partial charge in [0.1, 0.15) is 23.3 Å². The summed E-state index contributed by atoms with van der Waals surface area (Å²) < 4.78 is 25.7. The molecule has 1 aliphatic heterocycles. The molecule has 1 saturated heterocycles. The summed E-state index contributed by atoms with van der Waals surface area (Å²) in [5.74, 6) is 0.675. The summed E-state index contributed by atoms with van der Waals surface area (Å²) in [6.45, 7) is 9.38. The fraction of sp³-hybridized carbons (Fsp3) is 0.519. The van der Waals surface area contributed by atoms with Crippen molar-refractivity contribution in [3.63, 3.8) is 0 Å². The fourth-order valence-corrected chi connectivity index (χ4v) is 5.46. The highest BCUT2D eigenvalue weighted by atomic mass is 32.2. The van der Waals surface area contributed by atoms with Crippen LogP contribution in [0, 0.1) is 13.8 Å². The number of aryl methyl sites for hydroxylation is 2. The maximum atomic E-state index is 13.0. The number of anilines is 1. The predicted molar refractivity (Wildman–Crippen MR) is 145 cm³/mol. The molecule has 0 N–H and O–H groups in total. The molecule has 0 spiro atoms. The molecule has 198 valence electrons. The lowest BCUT2D eigenvalue weighted by Gasteiger charge is -2.34. The number of nitrogens with zero attached hydrogens (tertiary/aromatic N) is 4. The van der Waals surface area contributed by atoms with Crippen LogP contribution in [0.15, 0.2) is 41.3 Å². The summed E-state index contributed by atoms with van der Waals surface area (Å²) in [5.41, 5.74) is 4.16. The number of amides is 1. The Morgan fingerprint density at radius 3 is 2.22 bits per heavy atom. The molecule has 9 heteroatoms. The van der Waals surface area contributed by atoms with Gasteiger partial charge in [-0.15, -0.1) is 0 Å². The summed E-state index contributed by atoms with van der Waals surface area (Å²) in [6.07, 6.45) is 0. The molecule has 1 amide bonds. The molecule has 0 saturated carbocycles. The third kappa shape index (κ3) is 7.52. The zero-order chi connectivity index (χ0) is 26.2. The molecule has 36 heavy (non-hydrogen) atoms. The third-order valence-corrected chi connectivity index (χ3v) is 8.30. The monoisotopic (exact) mass is 516 g/mol. The topological polar surface area (TPSA) is 65.6 Å². The number of carbonyl (C=O) groups excluding carboxylic acids is 1. The highest BCUT2D eigenvalue weighted by molar-refractivity contribution is 7.82. The Morgan fingerprint density at radius 2 is 1.64 bits per heavy atom. The molecular formula is C27H40N4O4S. The van der Waals surface area contributed by atoms with Gasteiger partial charge in [-0.3, -0.25) is 4.79 Å². The highest BCUT2D eigenvalue weighted by Gasteiger charge is 2.18. The number of likely N-dealkylation sites (N-methyl/N-ethyl adjacent to an activating group) is 3. The van der Waals surface area contributed by atoms with E-state index in [0.717, 1.165) is 53.5 Å². The number of hydrogen-bond donors (Lipinski definition) is 0. The molecule has 0 radical (unpaired) electrons. The Labute approximate surface area is 218 Å². The average molecular weight is 517 g/mol. The maximum absolute atomic E-state index is 13.0. The predicted octanol–water partition coefficient (Wildman–Crippen LogP) is 2.69. The molecule has 2 aromatic carbocycles. The zero-order valence-corrected chi connectivity index (χ0v) is 23.3. The number of rotatable bonds is 11. The Hall–Kier alpha value is -2.46. The van der Waals surface area contributed by atoms with Crippen molar-refractivity contribution in [2.24, 2.45) is 0 Å². The fourth-order valence-electron chi connectivity index (χ4n) is 4.24. The van der Waals surface area contributed by atoms with Crippen molar-refractivity contribution in [1.29, 1.82) is 0 Å². The third-order valence-electron chi connectivity index (χ3n) is 6.55. The van der Waals surface area contributed by atoms with Crippen LogP contribution in [0.25, 0.3) is 0 Å². The second kappa shape index (κ2) is 13.2. The van der Waals surface area contributed by atoms with Crippen molar-refractivity contribution in [3.05, 3.63) is 53.1 Å². The number of methoxy groups -OCH3 is 1. The molecule has 1 aliphatic rings. The Morgan fingerprint density at radius 1 is 1.03 bits per heavy atom. The van der Waals surface area contributed by atoms with Crippen molar-refractivity contribution < 1.29 is 18.5 Å². The van der Waals surface area contributed by atoms with E-state index in [-0.39, 0.29) is 12.5 Å². The van der Waals surface area contributed by atoms with Crippen molar-refractivity contribution in [2.75, 3.05) is 79.1 Å². The number of carbonyl (C=O) groups is 1. The first-order chi connectivity index (χ1) is 17.2. The molecule has 0 bridgehead atoms. The van der Waals surface area contributed by atoms with Gasteiger partial charge in [-0.2, -0.15) is 0 Å². The van der Waals surface area contributed by atoms with Crippen LogP contribution in [0.2, 0.25) is 0 Å². The minimum Gasteiger partial charge on any atom is -0.497 e. The minimum atomic E-state index is -1.32. The van der Waals surface area contributed by atoms with E-state index < -0.39 is 11.0 Å². The van der Waals surface area contributed by atoms with E-state index in [9.17, 15) is 9.00 Å². The van der Waals surface area contributed by atoms with Gasteiger partial charge in [-0.1, -0.05) is 12.1 Å². The summed E-state index contributed by atoms with van der Waals surface area (Å²) >= 11 is 0. The van der Waals surface area contributed by atoms with Crippen LogP contribution in [-0.2, 0) is 27.1 Å². The summed E-state index contributed by atoms with van der Waals surface area (Å²) in [7, 11) is 6.04. The van der Waals surface area contributed by atoms with Crippen LogP contribution in [-0.4, -0.2) is 98.4 Å². The van der Waals surface area contributed by atoms with Crippen LogP contribution in [0.1, 0.15) is 16.7 Å². The standard InChI is InChI=1S/C27H40N4O4S/c1-21-17-25(34-6)18-22(2)27(21)36(33)30(5)15-16-35-20-26(32)29(4)19-23-7-9-24(10-8-23)31-13-11-28(3)12-14-31/h7-10,17-18H,11-16,19-20H2,1-6H3. The molecule has 0 aromatic heterocycles. The van der Waals surface area contributed by atoms with Crippen molar-refractivity contribution in [3.8, 4) is 5.75 Å². The molecule has 1 fully saturated rings. The lowest BCUT2D eigenvalue weighted by Crippen LogP contribution is -2.44. The van der Waals surface area contributed by atoms with E-state index >= 15 is 0 Å². The molecule has 1 atom stereocenters. The quantitative estimate of drug-likeness (QED) is 0.428. The van der Waals surface area contributed by atoms with Crippen molar-refractivity contribution in [2.45, 2.75) is 25.3 Å².